The monoisotopic (exact) mass is 540 g/mol. The van der Waals surface area contributed by atoms with Gasteiger partial charge in [0.05, 0.1) is 18.8 Å². The fourth-order valence-corrected chi connectivity index (χ4v) is 5.19. The van der Waals surface area contributed by atoms with Crippen LogP contribution in [0.4, 0.5) is 0 Å². The molecule has 0 aromatic heterocycles. The number of allylic oxidation sites excluding steroid dienone is 2. The molecule has 0 spiro atoms. The van der Waals surface area contributed by atoms with E-state index in [2.05, 4.69) is 43.3 Å². The summed E-state index contributed by atoms with van der Waals surface area (Å²) in [5.41, 5.74) is 3.33. The Morgan fingerprint density at radius 3 is 2.58 bits per heavy atom. The third kappa shape index (κ3) is 11.6. The van der Waals surface area contributed by atoms with Gasteiger partial charge in [-0.15, -0.1) is 11.8 Å². The third-order valence-corrected chi connectivity index (χ3v) is 7.48. The summed E-state index contributed by atoms with van der Waals surface area (Å²) in [5, 5.41) is 28.8. The first-order valence-corrected chi connectivity index (χ1v) is 14.2. The highest BCUT2D eigenvalue weighted by atomic mass is 32.2. The summed E-state index contributed by atoms with van der Waals surface area (Å²) in [6, 6.07) is 13.2. The van der Waals surface area contributed by atoms with Crippen LogP contribution in [0.2, 0.25) is 0 Å². The number of rotatable bonds is 18. The minimum Gasteiger partial charge on any atom is -0.496 e. The molecule has 7 heteroatoms. The number of carbonyl (C=O) groups is 2. The van der Waals surface area contributed by atoms with Crippen molar-refractivity contribution in [1.82, 2.24) is 0 Å². The van der Waals surface area contributed by atoms with Gasteiger partial charge in [-0.25, -0.2) is 4.79 Å². The first-order valence-electron chi connectivity index (χ1n) is 13.2. The van der Waals surface area contributed by atoms with Crippen LogP contribution in [0.25, 0.3) is 6.08 Å². The quantitative estimate of drug-likeness (QED) is 0.138. The normalized spacial score (nSPS) is 13.1. The first-order chi connectivity index (χ1) is 18.3. The largest absolute Gasteiger partial charge is 0.496 e. The number of unbranched alkanes of at least 4 members (excludes halogenated alkanes) is 3. The predicted molar refractivity (Wildman–Crippen MR) is 155 cm³/mol. The predicted octanol–water partition coefficient (Wildman–Crippen LogP) is 7.00. The van der Waals surface area contributed by atoms with E-state index < -0.39 is 18.0 Å². The average Bonchev–Trinajstić information content (AvgIpc) is 2.90. The first kappa shape index (κ1) is 31.2. The number of aliphatic hydroxyl groups excluding tert-OH is 1. The van der Waals surface area contributed by atoms with E-state index in [1.54, 1.807) is 12.1 Å². The number of ether oxygens (including phenoxy) is 1. The van der Waals surface area contributed by atoms with Crippen molar-refractivity contribution in [3.05, 3.63) is 82.9 Å². The van der Waals surface area contributed by atoms with Crippen molar-refractivity contribution < 1.29 is 29.6 Å². The van der Waals surface area contributed by atoms with Crippen LogP contribution in [0.5, 0.6) is 5.75 Å². The van der Waals surface area contributed by atoms with Crippen LogP contribution in [-0.4, -0.2) is 45.7 Å². The summed E-state index contributed by atoms with van der Waals surface area (Å²) in [7, 11) is 1.50. The molecule has 2 aromatic carbocycles. The molecule has 0 fully saturated rings. The molecule has 0 aliphatic rings. The van der Waals surface area contributed by atoms with E-state index in [-0.39, 0.29) is 17.2 Å². The number of benzene rings is 2. The molecular formula is C31H40O6S. The third-order valence-electron chi connectivity index (χ3n) is 6.15. The molecule has 2 atom stereocenters. The minimum absolute atomic E-state index is 0.0153. The van der Waals surface area contributed by atoms with Crippen molar-refractivity contribution in [3.8, 4) is 5.75 Å². The number of carboxylic acid groups (broad SMARTS) is 2. The van der Waals surface area contributed by atoms with Crippen LogP contribution in [-0.2, 0) is 17.0 Å². The van der Waals surface area contributed by atoms with Crippen LogP contribution >= 0.6 is 11.8 Å². The summed E-state index contributed by atoms with van der Waals surface area (Å²) in [6.07, 6.45) is 14.0. The van der Waals surface area contributed by atoms with Gasteiger partial charge < -0.3 is 20.1 Å². The molecule has 0 radical (unpaired) electrons. The van der Waals surface area contributed by atoms with Crippen LogP contribution in [0.3, 0.4) is 0 Å². The molecular weight excluding hydrogens is 500 g/mol. The van der Waals surface area contributed by atoms with E-state index in [0.717, 1.165) is 12.0 Å². The summed E-state index contributed by atoms with van der Waals surface area (Å²) in [6.45, 7) is 2.20. The van der Waals surface area contributed by atoms with E-state index >= 15 is 0 Å². The average molecular weight is 541 g/mol. The molecule has 2 aromatic rings. The Hall–Kier alpha value is -3.03. The number of carboxylic acids is 2. The van der Waals surface area contributed by atoms with Crippen molar-refractivity contribution in [3.63, 3.8) is 0 Å². The van der Waals surface area contributed by atoms with Crippen molar-refractivity contribution in [2.75, 3.05) is 7.11 Å². The fourth-order valence-electron chi connectivity index (χ4n) is 4.00. The summed E-state index contributed by atoms with van der Waals surface area (Å²) < 4.78 is 5.39. The van der Waals surface area contributed by atoms with Crippen molar-refractivity contribution >= 4 is 29.8 Å². The number of aliphatic carboxylic acids is 1. The van der Waals surface area contributed by atoms with E-state index in [1.165, 1.54) is 55.3 Å². The molecule has 0 saturated carbocycles. The Morgan fingerprint density at radius 2 is 1.87 bits per heavy atom. The van der Waals surface area contributed by atoms with Crippen molar-refractivity contribution in [2.24, 2.45) is 0 Å². The second kappa shape index (κ2) is 17.5. The maximum atomic E-state index is 11.3. The topological polar surface area (TPSA) is 104 Å². The van der Waals surface area contributed by atoms with Gasteiger partial charge in [0.1, 0.15) is 5.75 Å². The van der Waals surface area contributed by atoms with Gasteiger partial charge in [-0.1, -0.05) is 74.4 Å². The lowest BCUT2D eigenvalue weighted by Gasteiger charge is -2.20. The van der Waals surface area contributed by atoms with Gasteiger partial charge in [-0.3, -0.25) is 4.79 Å². The van der Waals surface area contributed by atoms with Crippen LogP contribution in [0.1, 0.15) is 78.9 Å². The zero-order chi connectivity index (χ0) is 27.8. The summed E-state index contributed by atoms with van der Waals surface area (Å²) >= 11 is 1.52. The Morgan fingerprint density at radius 1 is 1.05 bits per heavy atom. The maximum Gasteiger partial charge on any atom is 0.335 e. The molecule has 206 valence electrons. The number of hydrogen-bond acceptors (Lipinski definition) is 5. The van der Waals surface area contributed by atoms with Gasteiger partial charge >= 0.3 is 11.9 Å². The van der Waals surface area contributed by atoms with Crippen LogP contribution in [0.15, 0.2) is 60.7 Å². The molecule has 0 aliphatic heterocycles. The number of methoxy groups -OCH3 is 1. The Balaban J connectivity index is 2.08. The van der Waals surface area contributed by atoms with Crippen LogP contribution in [0, 0.1) is 0 Å². The van der Waals surface area contributed by atoms with Gasteiger partial charge in [0.2, 0.25) is 0 Å². The smallest absolute Gasteiger partial charge is 0.335 e. The number of aromatic carboxylic acids is 1. The molecule has 0 amide bonds. The zero-order valence-corrected chi connectivity index (χ0v) is 23.2. The van der Waals surface area contributed by atoms with E-state index in [1.807, 2.05) is 12.2 Å². The van der Waals surface area contributed by atoms with Crippen molar-refractivity contribution in [2.45, 2.75) is 75.4 Å². The van der Waals surface area contributed by atoms with Gasteiger partial charge in [0.25, 0.3) is 0 Å². The maximum absolute atomic E-state index is 11.3. The molecule has 0 unspecified atom stereocenters. The minimum atomic E-state index is -1.02. The SMILES string of the molecule is CCCCC/C=C/c1cccc(C/C=C\[C@@H](SCc2ccc(C(=O)O)cc2OC)[C@@H](O)CCCC(=O)O)c1. The zero-order valence-electron chi connectivity index (χ0n) is 22.3. The van der Waals surface area contributed by atoms with Crippen molar-refractivity contribution in [1.29, 1.82) is 0 Å². The van der Waals surface area contributed by atoms with E-state index in [9.17, 15) is 19.8 Å². The Bertz CT molecular complexity index is 1080. The highest BCUT2D eigenvalue weighted by Crippen LogP contribution is 2.30. The Kier molecular flexibility index (Phi) is 14.3. The fraction of sp³-hybridized carbons (Fsp3) is 0.419. The summed E-state index contributed by atoms with van der Waals surface area (Å²) in [5.74, 6) is -0.903. The van der Waals surface area contributed by atoms with E-state index in [4.69, 9.17) is 9.84 Å². The van der Waals surface area contributed by atoms with Gasteiger partial charge in [0, 0.05) is 23.0 Å². The highest BCUT2D eigenvalue weighted by Gasteiger charge is 2.19. The molecule has 6 nitrogen and oxygen atoms in total. The summed E-state index contributed by atoms with van der Waals surface area (Å²) in [4.78, 5) is 22.2. The lowest BCUT2D eigenvalue weighted by Crippen LogP contribution is -2.21. The van der Waals surface area contributed by atoms with Crippen LogP contribution < -0.4 is 4.74 Å². The lowest BCUT2D eigenvalue weighted by molar-refractivity contribution is -0.137. The van der Waals surface area contributed by atoms with Gasteiger partial charge in [-0.2, -0.15) is 0 Å². The molecule has 3 N–H and O–H groups in total. The van der Waals surface area contributed by atoms with E-state index in [0.29, 0.717) is 30.8 Å². The molecule has 0 bridgehead atoms. The molecule has 0 aliphatic carbocycles. The highest BCUT2D eigenvalue weighted by molar-refractivity contribution is 7.99. The second-order valence-corrected chi connectivity index (χ2v) is 10.4. The molecule has 2 rings (SSSR count). The lowest BCUT2D eigenvalue weighted by atomic mass is 10.1. The second-order valence-electron chi connectivity index (χ2n) is 9.24. The molecule has 38 heavy (non-hydrogen) atoms. The van der Waals surface area contributed by atoms with Gasteiger partial charge in [-0.05, 0) is 55.4 Å². The number of aliphatic hydroxyl groups is 1. The Labute approximate surface area is 230 Å². The molecule has 0 saturated heterocycles. The number of thioether (sulfide) groups is 1. The molecule has 0 heterocycles. The number of hydrogen-bond donors (Lipinski definition) is 3. The standard InChI is InChI=1S/C31H40O6S/c1-3-4-5-6-7-11-23-12-8-13-24(20-23)14-9-16-29(27(32)15-10-17-30(33)34)38-22-26-19-18-25(31(35)36)21-28(26)37-2/h7-9,11-13,16,18-21,27,29,32H,3-6,10,14-15,17,22H2,1-2H3,(H,33,34)(H,35,36)/b11-7+,16-9-/t27-,29+/m0/s1. The van der Waals surface area contributed by atoms with Gasteiger partial charge in [0.15, 0.2) is 0 Å².